The number of carbonyl (C=O) groups is 2. The Kier molecular flexibility index (Phi) is 17.2. The summed E-state index contributed by atoms with van der Waals surface area (Å²) in [6.07, 6.45) is -5.52. The van der Waals surface area contributed by atoms with Crippen LogP contribution in [0.3, 0.4) is 0 Å². The zero-order valence-corrected chi connectivity index (χ0v) is 40.4. The maximum atomic E-state index is 14.8. The minimum absolute atomic E-state index is 0.0729. The number of aliphatic hydroxyl groups excluding tert-OH is 1. The van der Waals surface area contributed by atoms with Crippen molar-refractivity contribution in [2.75, 3.05) is 40.6 Å². The molecule has 382 valence electrons. The summed E-state index contributed by atoms with van der Waals surface area (Å²) in [5.41, 5.74) is -2.33. The topological polar surface area (TPSA) is 300 Å². The van der Waals surface area contributed by atoms with Crippen molar-refractivity contribution in [2.45, 2.75) is 82.1 Å². The third-order valence-corrected chi connectivity index (χ3v) is 13.3. The van der Waals surface area contributed by atoms with E-state index in [1.165, 1.54) is 13.1 Å². The minimum atomic E-state index is -4.80. The number of phosphoric acid groups is 1. The van der Waals surface area contributed by atoms with Crippen molar-refractivity contribution in [1.82, 2.24) is 24.4 Å². The van der Waals surface area contributed by atoms with E-state index in [1.807, 2.05) is 60.7 Å². The standard InChI is InChI=1S/C48H53N6O17P/c1-29-24-53(46(60)51-44(29)58)43-22-38(40(70-43)26-66-48(32-9-6-5-7-10-32,33-11-15-35(63-3)16-12-33)34-13-17-36(64-4)18-14-34)71-72(62,67-20-8-19-49)68-27-39-37(56)21-42(69-39)54-25-31(45(59)52-47(54)61)23-50-41(57)28-65-30(2)55/h5-7,9-18,24-25,37-40,42-43,56H,8,20-23,26-28H2,1-4H3,(H,50,57)(H,51,58,60)(H,52,59,61)/t37?,38?,39-,40-,42-,43-,72?/m1/s1. The van der Waals surface area contributed by atoms with Crippen LogP contribution in [0.15, 0.2) is 110 Å². The van der Waals surface area contributed by atoms with Crippen LogP contribution in [0.25, 0.3) is 0 Å². The summed E-state index contributed by atoms with van der Waals surface area (Å²) in [7, 11) is -1.71. The monoisotopic (exact) mass is 1020 g/mol. The maximum absolute atomic E-state index is 14.8. The van der Waals surface area contributed by atoms with Crippen molar-refractivity contribution < 1.29 is 61.3 Å². The van der Waals surface area contributed by atoms with Crippen LogP contribution in [0.2, 0.25) is 0 Å². The fourth-order valence-electron chi connectivity index (χ4n) is 8.16. The predicted octanol–water partition coefficient (Wildman–Crippen LogP) is 2.98. The van der Waals surface area contributed by atoms with Gasteiger partial charge in [-0.25, -0.2) is 14.2 Å². The van der Waals surface area contributed by atoms with Crippen LogP contribution >= 0.6 is 7.82 Å². The molecule has 4 heterocycles. The van der Waals surface area contributed by atoms with Gasteiger partial charge in [0.15, 0.2) is 6.61 Å². The first-order chi connectivity index (χ1) is 34.6. The van der Waals surface area contributed by atoms with Crippen LogP contribution in [-0.2, 0) is 58.8 Å². The fourth-order valence-corrected chi connectivity index (χ4v) is 9.55. The molecule has 24 heteroatoms. The summed E-state index contributed by atoms with van der Waals surface area (Å²) >= 11 is 0. The van der Waals surface area contributed by atoms with Gasteiger partial charge in [-0.05, 0) is 47.9 Å². The van der Waals surface area contributed by atoms with Gasteiger partial charge < -0.3 is 38.8 Å². The quantitative estimate of drug-likeness (QED) is 0.0335. The zero-order chi connectivity index (χ0) is 51.6. The van der Waals surface area contributed by atoms with E-state index in [2.05, 4.69) is 20.0 Å². The lowest BCUT2D eigenvalue weighted by molar-refractivity contribution is -0.146. The Morgan fingerprint density at radius 2 is 1.40 bits per heavy atom. The summed E-state index contributed by atoms with van der Waals surface area (Å²) in [6.45, 7) is 0.290. The van der Waals surface area contributed by atoms with E-state index in [4.69, 9.17) is 37.3 Å². The Morgan fingerprint density at radius 1 is 0.819 bits per heavy atom. The first-order valence-electron chi connectivity index (χ1n) is 22.5. The molecule has 0 saturated carbocycles. The van der Waals surface area contributed by atoms with Gasteiger partial charge in [-0.1, -0.05) is 54.6 Å². The summed E-state index contributed by atoms with van der Waals surface area (Å²) in [5, 5.41) is 23.0. The Balaban J connectivity index is 1.18. The average Bonchev–Trinajstić information content (AvgIpc) is 3.95. The second-order valence-electron chi connectivity index (χ2n) is 16.6. The SMILES string of the molecule is COc1ccc(C(OC[C@H]2O[C@@H](n3cc(C)c(=O)[nH]c3=O)CC2OP(=O)(OCCC#N)OC[C@H]2O[C@@H](n3cc(CNC(=O)COC(C)=O)c(=O)[nH]c3=O)CC2O)(c2ccccc2)c2ccc(OC)cc2)cc1. The van der Waals surface area contributed by atoms with Crippen molar-refractivity contribution in [3.05, 3.63) is 161 Å². The van der Waals surface area contributed by atoms with Gasteiger partial charge in [0.05, 0.1) is 58.2 Å². The number of rotatable bonds is 22. The van der Waals surface area contributed by atoms with E-state index >= 15 is 0 Å². The van der Waals surface area contributed by atoms with Crippen LogP contribution in [0, 0.1) is 18.3 Å². The molecule has 4 N–H and O–H groups in total. The molecule has 2 aliphatic rings. The first kappa shape index (κ1) is 52.8. The smallest absolute Gasteiger partial charge is 0.475 e. The summed E-state index contributed by atoms with van der Waals surface area (Å²) < 4.78 is 70.0. The maximum Gasteiger partial charge on any atom is 0.475 e. The number of benzene rings is 3. The number of phosphoric ester groups is 1. The van der Waals surface area contributed by atoms with Crippen LogP contribution in [0.5, 0.6) is 11.5 Å². The van der Waals surface area contributed by atoms with Crippen LogP contribution in [-0.4, -0.2) is 101 Å². The van der Waals surface area contributed by atoms with E-state index in [9.17, 15) is 43.7 Å². The number of aliphatic hydroxyl groups is 1. The molecular weight excluding hydrogens is 964 g/mol. The van der Waals surface area contributed by atoms with Crippen molar-refractivity contribution in [3.63, 3.8) is 0 Å². The second-order valence-corrected chi connectivity index (χ2v) is 18.2. The Hall–Kier alpha value is -7.00. The van der Waals surface area contributed by atoms with Gasteiger partial charge in [0.25, 0.3) is 17.0 Å². The van der Waals surface area contributed by atoms with Crippen LogP contribution < -0.4 is 37.3 Å². The highest BCUT2D eigenvalue weighted by molar-refractivity contribution is 7.48. The number of nitrogens with one attached hydrogen (secondary N) is 3. The number of nitriles is 1. The molecule has 0 spiro atoms. The van der Waals surface area contributed by atoms with E-state index < -0.39 is 104 Å². The molecule has 0 aliphatic carbocycles. The molecule has 23 nitrogen and oxygen atoms in total. The lowest BCUT2D eigenvalue weighted by atomic mass is 9.80. The number of hydrogen-bond donors (Lipinski definition) is 4. The van der Waals surface area contributed by atoms with E-state index in [-0.39, 0.29) is 43.5 Å². The van der Waals surface area contributed by atoms with E-state index in [1.54, 1.807) is 38.5 Å². The van der Waals surface area contributed by atoms with E-state index in [0.717, 1.165) is 22.3 Å². The molecular formula is C48H53N6O17P. The number of methoxy groups -OCH3 is 2. The van der Waals surface area contributed by atoms with Crippen molar-refractivity contribution >= 4 is 19.7 Å². The number of nitrogens with zero attached hydrogens (tertiary/aromatic N) is 3. The number of hydrogen-bond acceptors (Lipinski definition) is 18. The summed E-state index contributed by atoms with van der Waals surface area (Å²) in [6, 6.07) is 25.8. The van der Waals surface area contributed by atoms with Gasteiger partial charge >= 0.3 is 25.2 Å². The van der Waals surface area contributed by atoms with Gasteiger partial charge in [0.1, 0.15) is 47.9 Å². The number of aryl methyl sites for hydroxylation is 1. The number of ether oxygens (including phenoxy) is 6. The number of amides is 1. The van der Waals surface area contributed by atoms with E-state index in [0.29, 0.717) is 28.2 Å². The molecule has 72 heavy (non-hydrogen) atoms. The highest BCUT2D eigenvalue weighted by Gasteiger charge is 2.47. The Bertz CT molecular complexity index is 2980. The molecule has 0 radical (unpaired) electrons. The summed E-state index contributed by atoms with van der Waals surface area (Å²) in [4.78, 5) is 79.0. The largest absolute Gasteiger partial charge is 0.497 e. The normalized spacial score (nSPS) is 20.6. The highest BCUT2D eigenvalue weighted by atomic mass is 31.2. The lowest BCUT2D eigenvalue weighted by Gasteiger charge is -2.37. The molecule has 2 aromatic heterocycles. The molecule has 7 rings (SSSR count). The first-order valence-corrected chi connectivity index (χ1v) is 24.0. The molecule has 3 aromatic carbocycles. The molecule has 0 bridgehead atoms. The zero-order valence-electron chi connectivity index (χ0n) is 39.5. The molecule has 2 aliphatic heterocycles. The number of H-pyrrole nitrogens is 2. The summed E-state index contributed by atoms with van der Waals surface area (Å²) in [5.74, 6) is -0.227. The van der Waals surface area contributed by atoms with Crippen LogP contribution in [0.4, 0.5) is 0 Å². The third-order valence-electron chi connectivity index (χ3n) is 11.8. The molecule has 2 fully saturated rings. The number of carbonyl (C=O) groups excluding carboxylic acids is 2. The van der Waals surface area contributed by atoms with Crippen molar-refractivity contribution in [2.24, 2.45) is 0 Å². The van der Waals surface area contributed by atoms with Gasteiger partial charge in [0.2, 0.25) is 0 Å². The van der Waals surface area contributed by atoms with Gasteiger partial charge in [-0.15, -0.1) is 0 Å². The fraction of sp³-hybridized carbons (Fsp3) is 0.396. The number of aromatic nitrogens is 4. The van der Waals surface area contributed by atoms with Gasteiger partial charge in [0, 0.05) is 44.3 Å². The number of aromatic amines is 2. The van der Waals surface area contributed by atoms with Crippen LogP contribution in [0.1, 0.15) is 66.5 Å². The van der Waals surface area contributed by atoms with Crippen molar-refractivity contribution in [1.29, 1.82) is 5.26 Å². The van der Waals surface area contributed by atoms with Crippen molar-refractivity contribution in [3.8, 4) is 17.6 Å². The average molecular weight is 1020 g/mol. The third kappa shape index (κ3) is 12.4. The second kappa shape index (κ2) is 23.5. The predicted molar refractivity (Wildman–Crippen MR) is 252 cm³/mol. The molecule has 3 unspecified atom stereocenters. The minimum Gasteiger partial charge on any atom is -0.497 e. The molecule has 2 saturated heterocycles. The molecule has 1 amide bonds. The molecule has 7 atom stereocenters. The number of esters is 1. The Morgan fingerprint density at radius 3 is 2.01 bits per heavy atom. The van der Waals surface area contributed by atoms with Gasteiger partial charge in [-0.2, -0.15) is 5.26 Å². The molecule has 5 aromatic rings. The van der Waals surface area contributed by atoms with Gasteiger partial charge in [-0.3, -0.25) is 51.9 Å². The lowest BCUT2D eigenvalue weighted by Crippen LogP contribution is -2.38. The highest BCUT2D eigenvalue weighted by Crippen LogP contribution is 2.54. The Labute approximate surface area is 410 Å².